The summed E-state index contributed by atoms with van der Waals surface area (Å²) in [6, 6.07) is 24.2. The van der Waals surface area contributed by atoms with Crippen LogP contribution in [0.1, 0.15) is 5.56 Å². The third-order valence-corrected chi connectivity index (χ3v) is 7.86. The first-order valence-corrected chi connectivity index (χ1v) is 13.0. The zero-order valence-electron chi connectivity index (χ0n) is 19.7. The predicted molar refractivity (Wildman–Crippen MR) is 136 cm³/mol. The Morgan fingerprint density at radius 1 is 0.829 bits per heavy atom. The Kier molecular flexibility index (Phi) is 6.21. The van der Waals surface area contributed by atoms with Gasteiger partial charge >= 0.3 is 0 Å². The normalized spacial score (nSPS) is 14.2. The van der Waals surface area contributed by atoms with Crippen molar-refractivity contribution in [1.82, 2.24) is 4.98 Å². The average molecular weight is 490 g/mol. The summed E-state index contributed by atoms with van der Waals surface area (Å²) in [5.74, 6) is 1.24. The van der Waals surface area contributed by atoms with Crippen LogP contribution in [0.15, 0.2) is 93.2 Å². The van der Waals surface area contributed by atoms with E-state index in [2.05, 4.69) is 22.0 Å². The number of para-hydroxylation sites is 1. The minimum atomic E-state index is -3.89. The molecule has 0 radical (unpaired) electrons. The smallest absolute Gasteiger partial charge is 0.236 e. The Balaban J connectivity index is 1.51. The third-order valence-electron chi connectivity index (χ3n) is 6.19. The van der Waals surface area contributed by atoms with E-state index in [1.54, 1.807) is 43.5 Å². The Hall–Kier alpha value is -3.78. The molecule has 35 heavy (non-hydrogen) atoms. The predicted octanol–water partition coefficient (Wildman–Crippen LogP) is 4.82. The molecule has 3 aromatic carbocycles. The van der Waals surface area contributed by atoms with Crippen LogP contribution in [0.2, 0.25) is 0 Å². The van der Waals surface area contributed by atoms with Crippen molar-refractivity contribution in [3.63, 3.8) is 0 Å². The molecule has 8 heteroatoms. The minimum Gasteiger partial charge on any atom is -0.497 e. The molecule has 0 unspecified atom stereocenters. The number of oxazole rings is 1. The summed E-state index contributed by atoms with van der Waals surface area (Å²) in [4.78, 5) is 8.96. The molecule has 0 aliphatic carbocycles. The number of piperazine rings is 1. The molecule has 0 spiro atoms. The fourth-order valence-corrected chi connectivity index (χ4v) is 5.49. The van der Waals surface area contributed by atoms with E-state index >= 15 is 0 Å². The lowest BCUT2D eigenvalue weighted by molar-refractivity contribution is 0.415. The average Bonchev–Trinajstić information content (AvgIpc) is 3.36. The van der Waals surface area contributed by atoms with Gasteiger partial charge in [0.25, 0.3) is 0 Å². The zero-order valence-corrected chi connectivity index (χ0v) is 20.5. The number of methoxy groups -OCH3 is 1. The molecule has 1 saturated heterocycles. The van der Waals surface area contributed by atoms with Crippen molar-refractivity contribution < 1.29 is 17.6 Å². The lowest BCUT2D eigenvalue weighted by Crippen LogP contribution is -2.46. The van der Waals surface area contributed by atoms with Gasteiger partial charge < -0.3 is 19.0 Å². The van der Waals surface area contributed by atoms with E-state index in [0.29, 0.717) is 24.4 Å². The van der Waals surface area contributed by atoms with Gasteiger partial charge in [0.15, 0.2) is 0 Å². The number of rotatable bonds is 6. The van der Waals surface area contributed by atoms with E-state index < -0.39 is 9.84 Å². The molecule has 7 nitrogen and oxygen atoms in total. The molecule has 0 bridgehead atoms. The molecule has 1 aliphatic heterocycles. The van der Waals surface area contributed by atoms with Gasteiger partial charge in [0.1, 0.15) is 5.75 Å². The van der Waals surface area contributed by atoms with Crippen LogP contribution in [0.25, 0.3) is 11.5 Å². The van der Waals surface area contributed by atoms with E-state index in [9.17, 15) is 8.42 Å². The molecule has 2 heterocycles. The molecule has 1 aliphatic rings. The maximum Gasteiger partial charge on any atom is 0.236 e. The second-order valence-electron chi connectivity index (χ2n) is 8.48. The maximum atomic E-state index is 13.7. The van der Waals surface area contributed by atoms with Crippen LogP contribution in [0, 0.1) is 6.92 Å². The molecular weight excluding hydrogens is 462 g/mol. The Labute approximate surface area is 205 Å². The Bertz CT molecular complexity index is 1390. The van der Waals surface area contributed by atoms with Crippen LogP contribution >= 0.6 is 0 Å². The molecule has 5 rings (SSSR count). The van der Waals surface area contributed by atoms with Crippen molar-refractivity contribution in [3.8, 4) is 17.2 Å². The summed E-state index contributed by atoms with van der Waals surface area (Å²) in [6.45, 7) is 4.64. The largest absolute Gasteiger partial charge is 0.497 e. The molecule has 0 amide bonds. The highest BCUT2D eigenvalue weighted by atomic mass is 32.2. The van der Waals surface area contributed by atoms with Gasteiger partial charge in [0.05, 0.1) is 12.0 Å². The number of benzene rings is 3. The van der Waals surface area contributed by atoms with Crippen LogP contribution < -0.4 is 14.5 Å². The molecule has 4 aromatic rings. The van der Waals surface area contributed by atoms with Gasteiger partial charge in [-0.05, 0) is 55.5 Å². The van der Waals surface area contributed by atoms with Gasteiger partial charge in [0.2, 0.25) is 26.6 Å². The monoisotopic (exact) mass is 489 g/mol. The van der Waals surface area contributed by atoms with Crippen LogP contribution in [-0.4, -0.2) is 46.7 Å². The summed E-state index contributed by atoms with van der Waals surface area (Å²) < 4.78 is 38.7. The number of aromatic nitrogens is 1. The molecule has 0 N–H and O–H groups in total. The van der Waals surface area contributed by atoms with E-state index in [0.717, 1.165) is 24.3 Å². The highest BCUT2D eigenvalue weighted by molar-refractivity contribution is 7.91. The third kappa shape index (κ3) is 4.61. The molecule has 0 atom stereocenters. The van der Waals surface area contributed by atoms with Gasteiger partial charge in [-0.25, -0.2) is 8.42 Å². The van der Waals surface area contributed by atoms with E-state index in [1.807, 2.05) is 42.2 Å². The van der Waals surface area contributed by atoms with Crippen LogP contribution in [-0.2, 0) is 9.84 Å². The Morgan fingerprint density at radius 3 is 2.09 bits per heavy atom. The van der Waals surface area contributed by atoms with E-state index in [1.165, 1.54) is 0 Å². The van der Waals surface area contributed by atoms with Gasteiger partial charge in [-0.1, -0.05) is 35.9 Å². The quantitative estimate of drug-likeness (QED) is 0.384. The number of nitrogens with zero attached hydrogens (tertiary/aromatic N) is 3. The highest BCUT2D eigenvalue weighted by Gasteiger charge is 2.33. The number of ether oxygens (including phenoxy) is 1. The van der Waals surface area contributed by atoms with Crippen LogP contribution in [0.5, 0.6) is 5.75 Å². The summed E-state index contributed by atoms with van der Waals surface area (Å²) in [5, 5.41) is -0.0552. The second-order valence-corrected chi connectivity index (χ2v) is 10.3. The molecule has 1 fully saturated rings. The number of sulfone groups is 1. The molecule has 180 valence electrons. The van der Waals surface area contributed by atoms with Gasteiger partial charge in [-0.3, -0.25) is 0 Å². The van der Waals surface area contributed by atoms with Crippen LogP contribution in [0.3, 0.4) is 0 Å². The summed E-state index contributed by atoms with van der Waals surface area (Å²) in [7, 11) is -2.29. The SMILES string of the molecule is COc1ccc(-c2nc(S(=O)(=O)c3ccc(C)cc3)c(N3CCN(c4ccccc4)CC3)o2)cc1. The minimum absolute atomic E-state index is 0.0552. The summed E-state index contributed by atoms with van der Waals surface area (Å²) >= 11 is 0. The lowest BCUT2D eigenvalue weighted by atomic mass is 10.2. The number of aryl methyl sites for hydroxylation is 1. The second kappa shape index (κ2) is 9.46. The number of anilines is 2. The number of hydrogen-bond donors (Lipinski definition) is 0. The van der Waals surface area contributed by atoms with Crippen molar-refractivity contribution in [1.29, 1.82) is 0 Å². The standard InChI is InChI=1S/C27H27N3O4S/c1-20-8-14-24(15-9-20)35(31,32)26-27(34-25(28-26)21-10-12-23(33-2)13-11-21)30-18-16-29(17-19-30)22-6-4-3-5-7-22/h3-15H,16-19H2,1-2H3. The molecule has 1 aromatic heterocycles. The van der Waals surface area contributed by atoms with E-state index in [4.69, 9.17) is 9.15 Å². The van der Waals surface area contributed by atoms with Crippen molar-refractivity contribution >= 4 is 21.4 Å². The fourth-order valence-electron chi connectivity index (χ4n) is 4.17. The molecule has 0 saturated carbocycles. The maximum absolute atomic E-state index is 13.7. The first-order chi connectivity index (χ1) is 17.0. The first kappa shape index (κ1) is 23.0. The topological polar surface area (TPSA) is 75.9 Å². The first-order valence-electron chi connectivity index (χ1n) is 11.5. The zero-order chi connectivity index (χ0) is 24.4. The fraction of sp³-hybridized carbons (Fsp3) is 0.222. The number of hydrogen-bond acceptors (Lipinski definition) is 7. The van der Waals surface area contributed by atoms with Gasteiger partial charge in [-0.2, -0.15) is 4.98 Å². The highest BCUT2D eigenvalue weighted by Crippen LogP contribution is 2.36. The van der Waals surface area contributed by atoms with Gasteiger partial charge in [0, 0.05) is 37.4 Å². The van der Waals surface area contributed by atoms with Gasteiger partial charge in [-0.15, -0.1) is 0 Å². The van der Waals surface area contributed by atoms with Crippen molar-refractivity contribution in [2.45, 2.75) is 16.8 Å². The summed E-state index contributed by atoms with van der Waals surface area (Å²) in [5.41, 5.74) is 2.82. The Morgan fingerprint density at radius 2 is 1.46 bits per heavy atom. The van der Waals surface area contributed by atoms with Crippen molar-refractivity contribution in [2.75, 3.05) is 43.1 Å². The summed E-state index contributed by atoms with van der Waals surface area (Å²) in [6.07, 6.45) is 0. The van der Waals surface area contributed by atoms with Crippen molar-refractivity contribution in [3.05, 3.63) is 84.4 Å². The lowest BCUT2D eigenvalue weighted by Gasteiger charge is -2.36. The van der Waals surface area contributed by atoms with E-state index in [-0.39, 0.29) is 21.7 Å². The molecular formula is C27H27N3O4S. The van der Waals surface area contributed by atoms with Crippen molar-refractivity contribution in [2.24, 2.45) is 0 Å². The van der Waals surface area contributed by atoms with Crippen LogP contribution in [0.4, 0.5) is 11.6 Å².